The van der Waals surface area contributed by atoms with Crippen LogP contribution in [0.4, 0.5) is 0 Å². The van der Waals surface area contributed by atoms with Crippen LogP contribution in [0, 0.1) is 11.8 Å². The van der Waals surface area contributed by atoms with Gasteiger partial charge in [-0.1, -0.05) is 0 Å². The number of nitrogens with zero attached hydrogens (tertiary/aromatic N) is 3. The molecule has 2 heterocycles. The third-order valence-corrected chi connectivity index (χ3v) is 6.94. The van der Waals surface area contributed by atoms with E-state index < -0.39 is 10.2 Å². The van der Waals surface area contributed by atoms with Crippen molar-refractivity contribution in [1.82, 2.24) is 13.5 Å². The van der Waals surface area contributed by atoms with Gasteiger partial charge in [0.15, 0.2) is 0 Å². The molecule has 21 heavy (non-hydrogen) atoms. The lowest BCUT2D eigenvalue weighted by Gasteiger charge is -2.39. The molecule has 1 atom stereocenters. The van der Waals surface area contributed by atoms with Crippen molar-refractivity contribution in [2.75, 3.05) is 52.4 Å². The molecule has 1 saturated carbocycles. The van der Waals surface area contributed by atoms with E-state index in [2.05, 4.69) is 4.90 Å². The van der Waals surface area contributed by atoms with Crippen molar-refractivity contribution in [3.05, 3.63) is 0 Å². The van der Waals surface area contributed by atoms with Crippen LogP contribution in [-0.4, -0.2) is 79.5 Å². The zero-order valence-electron chi connectivity index (χ0n) is 12.7. The Bertz CT molecular complexity index is 444. The summed E-state index contributed by atoms with van der Waals surface area (Å²) >= 11 is 0. The van der Waals surface area contributed by atoms with E-state index in [4.69, 9.17) is 0 Å². The zero-order valence-corrected chi connectivity index (χ0v) is 13.5. The number of aliphatic hydroxyl groups excluding tert-OH is 1. The Hall–Kier alpha value is -0.210. The molecule has 2 saturated heterocycles. The highest BCUT2D eigenvalue weighted by Gasteiger charge is 2.35. The maximum absolute atomic E-state index is 12.7. The predicted octanol–water partition coefficient (Wildman–Crippen LogP) is -0.0369. The summed E-state index contributed by atoms with van der Waals surface area (Å²) in [6.45, 7) is 5.22. The average molecular weight is 317 g/mol. The first kappa shape index (κ1) is 15.7. The van der Waals surface area contributed by atoms with Crippen LogP contribution in [0.25, 0.3) is 0 Å². The van der Waals surface area contributed by atoms with Gasteiger partial charge in [0.1, 0.15) is 0 Å². The van der Waals surface area contributed by atoms with E-state index in [0.717, 1.165) is 38.4 Å². The van der Waals surface area contributed by atoms with Gasteiger partial charge in [-0.3, -0.25) is 0 Å². The molecule has 0 bridgehead atoms. The van der Waals surface area contributed by atoms with Crippen molar-refractivity contribution in [1.29, 1.82) is 0 Å². The van der Waals surface area contributed by atoms with Crippen LogP contribution in [0.2, 0.25) is 0 Å². The summed E-state index contributed by atoms with van der Waals surface area (Å²) < 4.78 is 28.6. The molecule has 0 amide bonds. The first-order chi connectivity index (χ1) is 10.1. The molecule has 1 N–H and O–H groups in total. The molecule has 0 spiro atoms. The van der Waals surface area contributed by atoms with Crippen molar-refractivity contribution in [3.8, 4) is 0 Å². The third-order valence-electron chi connectivity index (χ3n) is 4.94. The molecular formula is C14H27N3O3S. The molecule has 2 aliphatic heterocycles. The van der Waals surface area contributed by atoms with Gasteiger partial charge in [0.25, 0.3) is 10.2 Å². The summed E-state index contributed by atoms with van der Waals surface area (Å²) in [5.41, 5.74) is 0. The Morgan fingerprint density at radius 1 is 0.905 bits per heavy atom. The van der Waals surface area contributed by atoms with Crippen molar-refractivity contribution < 1.29 is 13.5 Å². The Kier molecular flexibility index (Phi) is 4.85. The van der Waals surface area contributed by atoms with Crippen LogP contribution in [0.15, 0.2) is 0 Å². The van der Waals surface area contributed by atoms with Gasteiger partial charge in [-0.15, -0.1) is 0 Å². The lowest BCUT2D eigenvalue weighted by molar-refractivity contribution is 0.148. The summed E-state index contributed by atoms with van der Waals surface area (Å²) in [5, 5.41) is 9.27. The van der Waals surface area contributed by atoms with E-state index >= 15 is 0 Å². The molecule has 122 valence electrons. The first-order valence-corrected chi connectivity index (χ1v) is 9.57. The van der Waals surface area contributed by atoms with E-state index in [0.29, 0.717) is 26.2 Å². The second-order valence-electron chi connectivity index (χ2n) is 6.70. The van der Waals surface area contributed by atoms with Gasteiger partial charge in [-0.05, 0) is 37.5 Å². The van der Waals surface area contributed by atoms with E-state index in [-0.39, 0.29) is 12.5 Å². The van der Waals surface area contributed by atoms with Gasteiger partial charge in [-0.2, -0.15) is 17.0 Å². The molecular weight excluding hydrogens is 290 g/mol. The minimum absolute atomic E-state index is 0.0845. The van der Waals surface area contributed by atoms with Crippen molar-refractivity contribution in [2.45, 2.75) is 25.7 Å². The second kappa shape index (κ2) is 6.50. The highest BCUT2D eigenvalue weighted by Crippen LogP contribution is 2.30. The molecule has 1 unspecified atom stereocenters. The predicted molar refractivity (Wildman–Crippen MR) is 81.0 cm³/mol. The highest BCUT2D eigenvalue weighted by molar-refractivity contribution is 7.86. The van der Waals surface area contributed by atoms with Crippen LogP contribution >= 0.6 is 0 Å². The summed E-state index contributed by atoms with van der Waals surface area (Å²) in [5.74, 6) is 0.963. The standard InChI is InChI=1S/C14H27N3O3S/c18-12-14-2-1-5-17(11-14)21(19,20)16-8-6-15(7-9-16)10-13-3-4-13/h13-14,18H,1-12H2. The molecule has 3 aliphatic rings. The van der Waals surface area contributed by atoms with Gasteiger partial charge < -0.3 is 10.0 Å². The van der Waals surface area contributed by atoms with E-state index in [1.165, 1.54) is 12.8 Å². The maximum atomic E-state index is 12.7. The summed E-state index contributed by atoms with van der Waals surface area (Å²) in [4.78, 5) is 2.40. The average Bonchev–Trinajstić information content (AvgIpc) is 3.32. The van der Waals surface area contributed by atoms with E-state index in [9.17, 15) is 13.5 Å². The van der Waals surface area contributed by atoms with Gasteiger partial charge in [0.05, 0.1) is 0 Å². The SMILES string of the molecule is O=S(=O)(N1CCN(CC2CC2)CC1)N1CCCC(CO)C1. The maximum Gasteiger partial charge on any atom is 0.282 e. The summed E-state index contributed by atoms with van der Waals surface area (Å²) in [6.07, 6.45) is 4.47. The summed E-state index contributed by atoms with van der Waals surface area (Å²) in [7, 11) is -3.34. The van der Waals surface area contributed by atoms with Gasteiger partial charge in [-0.25, -0.2) is 0 Å². The van der Waals surface area contributed by atoms with Crippen LogP contribution < -0.4 is 0 Å². The molecule has 3 fully saturated rings. The Morgan fingerprint density at radius 2 is 1.62 bits per heavy atom. The Morgan fingerprint density at radius 3 is 2.24 bits per heavy atom. The molecule has 0 aromatic rings. The van der Waals surface area contributed by atoms with Crippen molar-refractivity contribution in [2.24, 2.45) is 11.8 Å². The third kappa shape index (κ3) is 3.76. The largest absolute Gasteiger partial charge is 0.396 e. The van der Waals surface area contributed by atoms with Crippen molar-refractivity contribution >= 4 is 10.2 Å². The van der Waals surface area contributed by atoms with Crippen LogP contribution in [0.5, 0.6) is 0 Å². The molecule has 0 radical (unpaired) electrons. The number of piperazine rings is 1. The Balaban J connectivity index is 1.55. The minimum Gasteiger partial charge on any atom is -0.396 e. The molecule has 6 nitrogen and oxygen atoms in total. The topological polar surface area (TPSA) is 64.1 Å². The molecule has 7 heteroatoms. The molecule has 3 rings (SSSR count). The van der Waals surface area contributed by atoms with Crippen LogP contribution in [0.1, 0.15) is 25.7 Å². The van der Waals surface area contributed by atoms with E-state index in [1.807, 2.05) is 0 Å². The number of piperidine rings is 1. The zero-order chi connectivity index (χ0) is 14.9. The van der Waals surface area contributed by atoms with Crippen LogP contribution in [-0.2, 0) is 10.2 Å². The normalized spacial score (nSPS) is 30.6. The number of rotatable bonds is 5. The molecule has 0 aromatic heterocycles. The second-order valence-corrected chi connectivity index (χ2v) is 8.63. The first-order valence-electron chi connectivity index (χ1n) is 8.18. The van der Waals surface area contributed by atoms with Gasteiger partial charge in [0, 0.05) is 52.4 Å². The number of hydrogen-bond donors (Lipinski definition) is 1. The van der Waals surface area contributed by atoms with Gasteiger partial charge >= 0.3 is 0 Å². The fourth-order valence-corrected chi connectivity index (χ4v) is 5.07. The van der Waals surface area contributed by atoms with E-state index in [1.54, 1.807) is 8.61 Å². The minimum atomic E-state index is -3.34. The monoisotopic (exact) mass is 317 g/mol. The molecule has 0 aromatic carbocycles. The summed E-state index contributed by atoms with van der Waals surface area (Å²) in [6, 6.07) is 0. The lowest BCUT2D eigenvalue weighted by atomic mass is 10.0. The quantitative estimate of drug-likeness (QED) is 0.773. The molecule has 1 aliphatic carbocycles. The highest BCUT2D eigenvalue weighted by atomic mass is 32.2. The lowest BCUT2D eigenvalue weighted by Crippen LogP contribution is -2.55. The number of hydrogen-bond acceptors (Lipinski definition) is 4. The van der Waals surface area contributed by atoms with Crippen LogP contribution in [0.3, 0.4) is 0 Å². The fourth-order valence-electron chi connectivity index (χ4n) is 3.36. The smallest absolute Gasteiger partial charge is 0.282 e. The van der Waals surface area contributed by atoms with Crippen molar-refractivity contribution in [3.63, 3.8) is 0 Å². The number of aliphatic hydroxyl groups is 1. The van der Waals surface area contributed by atoms with Gasteiger partial charge in [0.2, 0.25) is 0 Å². The fraction of sp³-hybridized carbons (Fsp3) is 1.00. The Labute approximate surface area is 127 Å².